The van der Waals surface area contributed by atoms with Gasteiger partial charge in [0, 0.05) is 39.1 Å². The number of aromatic nitrogens is 5. The number of hydrogen-bond donors (Lipinski definition) is 0. The van der Waals surface area contributed by atoms with Gasteiger partial charge in [0.2, 0.25) is 5.89 Å². The number of fused-ring (bicyclic) bond motifs is 6. The maximum atomic E-state index is 6.12. The fourth-order valence-electron chi connectivity index (χ4n) is 7.59. The summed E-state index contributed by atoms with van der Waals surface area (Å²) in [7, 11) is 0. The molecule has 0 atom stereocenters. The molecule has 0 saturated carbocycles. The molecular formula is C47H30N6O. The molecular weight excluding hydrogens is 665 g/mol. The normalized spacial score (nSPS) is 11.7. The van der Waals surface area contributed by atoms with Crippen molar-refractivity contribution in [2.45, 2.75) is 0 Å². The number of rotatable bonds is 6. The fraction of sp³-hybridized carbons (Fsp3) is 0. The Kier molecular flexibility index (Phi) is 6.72. The van der Waals surface area contributed by atoms with E-state index in [9.17, 15) is 0 Å². The Morgan fingerprint density at radius 2 is 1.04 bits per heavy atom. The summed E-state index contributed by atoms with van der Waals surface area (Å²) in [5, 5.41) is 14.2. The van der Waals surface area contributed by atoms with Crippen molar-refractivity contribution >= 4 is 71.8 Å². The van der Waals surface area contributed by atoms with Crippen LogP contribution in [0.4, 0.5) is 17.1 Å². The van der Waals surface area contributed by atoms with E-state index in [-0.39, 0.29) is 0 Å². The van der Waals surface area contributed by atoms with Gasteiger partial charge >= 0.3 is 0 Å². The second kappa shape index (κ2) is 12.0. The summed E-state index contributed by atoms with van der Waals surface area (Å²) in [6, 6.07) is 63.2. The lowest BCUT2D eigenvalue weighted by Crippen LogP contribution is -2.10. The Morgan fingerprint density at radius 3 is 1.76 bits per heavy atom. The second-order valence-corrected chi connectivity index (χ2v) is 13.5. The SMILES string of the molecule is c1ccc(-n2c3ccc(N(c4ccc(-c5nc6ccccc6o5)cc4)c4ccc(-n5nc6ccccc6n5)cc4)cc3c3cc4ccccc4cc32)cc1. The van der Waals surface area contributed by atoms with Crippen molar-refractivity contribution in [3.8, 4) is 22.8 Å². The van der Waals surface area contributed by atoms with Crippen molar-refractivity contribution in [1.29, 1.82) is 0 Å². The summed E-state index contributed by atoms with van der Waals surface area (Å²) in [5.41, 5.74) is 11.6. The minimum absolute atomic E-state index is 0.597. The van der Waals surface area contributed by atoms with Crippen LogP contribution in [0.1, 0.15) is 0 Å². The Morgan fingerprint density at radius 1 is 0.444 bits per heavy atom. The number of benzene rings is 8. The number of nitrogens with zero attached hydrogens (tertiary/aromatic N) is 6. The lowest BCUT2D eigenvalue weighted by atomic mass is 10.1. The third-order valence-corrected chi connectivity index (χ3v) is 10.2. The van der Waals surface area contributed by atoms with E-state index in [1.54, 1.807) is 4.80 Å². The van der Waals surface area contributed by atoms with Gasteiger partial charge in [-0.2, -0.15) is 4.80 Å². The number of anilines is 3. The highest BCUT2D eigenvalue weighted by molar-refractivity contribution is 6.14. The molecule has 7 nitrogen and oxygen atoms in total. The van der Waals surface area contributed by atoms with Crippen LogP contribution in [0, 0.1) is 0 Å². The standard InChI is InChI=1S/C47H30N6O/c1-2-12-34(13-3-1)52-44-27-26-38(30-40(44)39-28-32-10-4-5-11-33(32)29-45(39)52)51(35-20-18-31(19-21-35)47-48-43-16-8-9-17-46(43)54-47)36-22-24-37(25-23-36)53-49-41-14-6-7-15-42(41)50-53/h1-30H. The molecule has 0 aliphatic carbocycles. The van der Waals surface area contributed by atoms with Gasteiger partial charge in [0.25, 0.3) is 0 Å². The third kappa shape index (κ3) is 4.94. The van der Waals surface area contributed by atoms with Crippen LogP contribution < -0.4 is 4.90 Å². The molecule has 11 aromatic rings. The highest BCUT2D eigenvalue weighted by atomic mass is 16.3. The lowest BCUT2D eigenvalue weighted by molar-refractivity contribution is 0.620. The zero-order valence-corrected chi connectivity index (χ0v) is 28.9. The summed E-state index contributed by atoms with van der Waals surface area (Å²) in [6.07, 6.45) is 0. The van der Waals surface area contributed by atoms with Crippen LogP contribution in [0.25, 0.3) is 77.5 Å². The molecule has 0 spiro atoms. The van der Waals surface area contributed by atoms with Crippen molar-refractivity contribution < 1.29 is 4.42 Å². The Bertz CT molecular complexity index is 2970. The molecule has 0 aliphatic rings. The first-order chi connectivity index (χ1) is 26.7. The molecule has 0 saturated heterocycles. The molecule has 11 rings (SSSR count). The van der Waals surface area contributed by atoms with Crippen molar-refractivity contribution in [3.05, 3.63) is 182 Å². The van der Waals surface area contributed by atoms with Crippen molar-refractivity contribution in [1.82, 2.24) is 24.5 Å². The number of hydrogen-bond acceptors (Lipinski definition) is 5. The minimum atomic E-state index is 0.597. The van der Waals surface area contributed by atoms with Crippen molar-refractivity contribution in [2.24, 2.45) is 0 Å². The zero-order valence-electron chi connectivity index (χ0n) is 28.9. The van der Waals surface area contributed by atoms with Crippen LogP contribution in [0.15, 0.2) is 186 Å². The molecule has 0 radical (unpaired) electrons. The van der Waals surface area contributed by atoms with Gasteiger partial charge in [0.1, 0.15) is 16.6 Å². The van der Waals surface area contributed by atoms with Crippen LogP contribution in [0.3, 0.4) is 0 Å². The van der Waals surface area contributed by atoms with Gasteiger partial charge in [0.05, 0.1) is 16.7 Å². The maximum absolute atomic E-state index is 6.12. The predicted octanol–water partition coefficient (Wildman–Crippen LogP) is 11.9. The molecule has 0 fully saturated rings. The van der Waals surface area contributed by atoms with Crippen molar-refractivity contribution in [2.75, 3.05) is 4.90 Å². The van der Waals surface area contributed by atoms with Gasteiger partial charge in [-0.05, 0) is 126 Å². The van der Waals surface area contributed by atoms with Gasteiger partial charge in [-0.25, -0.2) is 4.98 Å². The fourth-order valence-corrected chi connectivity index (χ4v) is 7.59. The number of oxazole rings is 1. The van der Waals surface area contributed by atoms with E-state index in [1.165, 1.54) is 27.1 Å². The molecule has 7 heteroatoms. The predicted molar refractivity (Wildman–Crippen MR) is 218 cm³/mol. The van der Waals surface area contributed by atoms with Gasteiger partial charge in [0.15, 0.2) is 5.58 Å². The van der Waals surface area contributed by atoms with E-state index in [4.69, 9.17) is 19.6 Å². The monoisotopic (exact) mass is 694 g/mol. The summed E-state index contributed by atoms with van der Waals surface area (Å²) in [4.78, 5) is 8.73. The smallest absolute Gasteiger partial charge is 0.227 e. The molecule has 3 aromatic heterocycles. The molecule has 0 N–H and O–H groups in total. The average molecular weight is 695 g/mol. The average Bonchev–Trinajstić information content (AvgIpc) is 3.95. The van der Waals surface area contributed by atoms with Gasteiger partial charge in [-0.3, -0.25) is 0 Å². The molecule has 0 bridgehead atoms. The van der Waals surface area contributed by atoms with Crippen LogP contribution in [-0.2, 0) is 0 Å². The van der Waals surface area contributed by atoms with E-state index in [2.05, 4.69) is 143 Å². The maximum Gasteiger partial charge on any atom is 0.227 e. The van der Waals surface area contributed by atoms with Gasteiger partial charge in [-0.15, -0.1) is 10.2 Å². The first-order valence-electron chi connectivity index (χ1n) is 17.9. The van der Waals surface area contributed by atoms with E-state index in [1.807, 2.05) is 48.5 Å². The minimum Gasteiger partial charge on any atom is -0.436 e. The molecule has 0 aliphatic heterocycles. The highest BCUT2D eigenvalue weighted by Gasteiger charge is 2.19. The molecule has 254 valence electrons. The summed E-state index contributed by atoms with van der Waals surface area (Å²) in [6.45, 7) is 0. The summed E-state index contributed by atoms with van der Waals surface area (Å²) in [5.74, 6) is 0.597. The van der Waals surface area contributed by atoms with Gasteiger partial charge < -0.3 is 13.9 Å². The number of para-hydroxylation sites is 3. The Labute approximate surface area is 309 Å². The van der Waals surface area contributed by atoms with Crippen molar-refractivity contribution in [3.63, 3.8) is 0 Å². The van der Waals surface area contributed by atoms with Crippen LogP contribution in [0.2, 0.25) is 0 Å². The second-order valence-electron chi connectivity index (χ2n) is 13.5. The highest BCUT2D eigenvalue weighted by Crippen LogP contribution is 2.41. The van der Waals surface area contributed by atoms with Gasteiger partial charge in [-0.1, -0.05) is 66.7 Å². The molecule has 8 aromatic carbocycles. The topological polar surface area (TPSA) is 64.9 Å². The van der Waals surface area contributed by atoms with Crippen LogP contribution in [0.5, 0.6) is 0 Å². The molecule has 3 heterocycles. The third-order valence-electron chi connectivity index (χ3n) is 10.2. The summed E-state index contributed by atoms with van der Waals surface area (Å²) >= 11 is 0. The Balaban J connectivity index is 1.08. The molecule has 0 amide bonds. The van der Waals surface area contributed by atoms with E-state index >= 15 is 0 Å². The van der Waals surface area contributed by atoms with Crippen LogP contribution >= 0.6 is 0 Å². The summed E-state index contributed by atoms with van der Waals surface area (Å²) < 4.78 is 8.49. The first kappa shape index (κ1) is 30.1. The molecule has 0 unspecified atom stereocenters. The first-order valence-corrected chi connectivity index (χ1v) is 17.9. The Hall–Kier alpha value is -7.51. The zero-order chi connectivity index (χ0) is 35.6. The van der Waals surface area contributed by atoms with E-state index < -0.39 is 0 Å². The largest absolute Gasteiger partial charge is 0.436 e. The van der Waals surface area contributed by atoms with Crippen LogP contribution in [-0.4, -0.2) is 24.5 Å². The quantitative estimate of drug-likeness (QED) is 0.173. The lowest BCUT2D eigenvalue weighted by Gasteiger charge is -2.26. The van der Waals surface area contributed by atoms with E-state index in [0.717, 1.165) is 61.7 Å². The molecule has 54 heavy (non-hydrogen) atoms. The van der Waals surface area contributed by atoms with E-state index in [0.29, 0.717) is 5.89 Å².